The van der Waals surface area contributed by atoms with Crippen molar-refractivity contribution in [3.8, 4) is 11.5 Å². The molecule has 2 heterocycles. The van der Waals surface area contributed by atoms with Crippen molar-refractivity contribution in [1.82, 2.24) is 14.5 Å². The normalized spacial score (nSPS) is 24.2. The summed E-state index contributed by atoms with van der Waals surface area (Å²) in [4.78, 5) is 5.19. The molecular formula is C24H30ClN3O4S. The number of piperazine rings is 1. The molecule has 3 aliphatic rings. The van der Waals surface area contributed by atoms with Crippen molar-refractivity contribution >= 4 is 21.6 Å². The molecular weight excluding hydrogens is 462 g/mol. The lowest BCUT2D eigenvalue weighted by molar-refractivity contribution is 0.0631. The van der Waals surface area contributed by atoms with Gasteiger partial charge >= 0.3 is 0 Å². The summed E-state index contributed by atoms with van der Waals surface area (Å²) in [6.45, 7) is 4.97. The molecule has 2 fully saturated rings. The van der Waals surface area contributed by atoms with E-state index in [0.717, 1.165) is 69.9 Å². The summed E-state index contributed by atoms with van der Waals surface area (Å²) >= 11 is 5.93. The monoisotopic (exact) mass is 491 g/mol. The number of fused-ring (bicyclic) bond motifs is 1. The Morgan fingerprint density at radius 1 is 0.939 bits per heavy atom. The number of ether oxygens (including phenoxy) is 2. The summed E-state index contributed by atoms with van der Waals surface area (Å²) in [5.74, 6) is 1.64. The molecule has 1 saturated heterocycles. The first kappa shape index (κ1) is 22.9. The largest absolute Gasteiger partial charge is 0.454 e. The van der Waals surface area contributed by atoms with Crippen molar-refractivity contribution in [3.05, 3.63) is 53.1 Å². The average Bonchev–Trinajstić information content (AvgIpc) is 3.28. The highest BCUT2D eigenvalue weighted by Gasteiger charge is 2.34. The van der Waals surface area contributed by atoms with Gasteiger partial charge in [0.2, 0.25) is 16.8 Å². The highest BCUT2D eigenvalue weighted by atomic mass is 35.5. The van der Waals surface area contributed by atoms with E-state index in [1.165, 1.54) is 5.56 Å². The van der Waals surface area contributed by atoms with E-state index in [2.05, 4.69) is 26.7 Å². The predicted octanol–water partition coefficient (Wildman–Crippen LogP) is 3.48. The van der Waals surface area contributed by atoms with E-state index in [-0.39, 0.29) is 17.0 Å². The van der Waals surface area contributed by atoms with Gasteiger partial charge < -0.3 is 9.47 Å². The molecule has 33 heavy (non-hydrogen) atoms. The summed E-state index contributed by atoms with van der Waals surface area (Å²) in [6, 6.07) is 12.7. The first-order valence-corrected chi connectivity index (χ1v) is 13.5. The van der Waals surface area contributed by atoms with E-state index in [1.807, 2.05) is 6.07 Å². The Kier molecular flexibility index (Phi) is 6.81. The minimum Gasteiger partial charge on any atom is -0.454 e. The molecule has 1 saturated carbocycles. The van der Waals surface area contributed by atoms with Crippen LogP contribution in [0.1, 0.15) is 31.2 Å². The van der Waals surface area contributed by atoms with Gasteiger partial charge in [0, 0.05) is 49.8 Å². The van der Waals surface area contributed by atoms with Crippen molar-refractivity contribution in [2.45, 2.75) is 49.2 Å². The second kappa shape index (κ2) is 9.80. The third kappa shape index (κ3) is 5.30. The van der Waals surface area contributed by atoms with Gasteiger partial charge in [-0.1, -0.05) is 30.5 Å². The second-order valence-corrected chi connectivity index (χ2v) is 11.2. The minimum absolute atomic E-state index is 0.0696. The number of rotatable bonds is 6. The maximum atomic E-state index is 13.0. The van der Waals surface area contributed by atoms with E-state index < -0.39 is 10.0 Å². The fraction of sp³-hybridized carbons (Fsp3) is 0.500. The molecule has 0 unspecified atom stereocenters. The van der Waals surface area contributed by atoms with Gasteiger partial charge in [-0.3, -0.25) is 9.80 Å². The Hall–Kier alpha value is -1.84. The topological polar surface area (TPSA) is 71.1 Å². The first-order valence-electron chi connectivity index (χ1n) is 11.6. The Labute approximate surface area is 200 Å². The fourth-order valence-electron chi connectivity index (χ4n) is 5.12. The van der Waals surface area contributed by atoms with Crippen molar-refractivity contribution < 1.29 is 17.9 Å². The molecule has 2 aliphatic heterocycles. The molecule has 0 radical (unpaired) electrons. The number of benzene rings is 2. The van der Waals surface area contributed by atoms with Crippen LogP contribution >= 0.6 is 11.6 Å². The van der Waals surface area contributed by atoms with Gasteiger partial charge in [-0.2, -0.15) is 0 Å². The van der Waals surface area contributed by atoms with Crippen LogP contribution in [0.15, 0.2) is 47.4 Å². The molecule has 0 spiro atoms. The van der Waals surface area contributed by atoms with Crippen LogP contribution in [0.3, 0.4) is 0 Å². The third-order valence-electron chi connectivity index (χ3n) is 6.88. The standard InChI is InChI=1S/C24H30ClN3O4S/c25-19-6-8-20(9-7-19)33(29,30)26-21-3-1-2-4-22(21)28-13-11-27(12-14-28)16-18-5-10-23-24(15-18)32-17-31-23/h5-10,15,21-22,26H,1-4,11-14,16-17H2/t21-,22+/m0/s1. The number of nitrogens with zero attached hydrogens (tertiary/aromatic N) is 2. The molecule has 1 aliphatic carbocycles. The highest BCUT2D eigenvalue weighted by molar-refractivity contribution is 7.89. The SMILES string of the molecule is O=S(=O)(N[C@H]1CCCC[C@H]1N1CCN(Cc2ccc3c(c2)OCO3)CC1)c1ccc(Cl)cc1. The number of nitrogens with one attached hydrogen (secondary N) is 1. The van der Waals surface area contributed by atoms with Crippen LogP contribution in [0.25, 0.3) is 0 Å². The second-order valence-electron chi connectivity index (χ2n) is 9.03. The molecule has 0 amide bonds. The van der Waals surface area contributed by atoms with Crippen LogP contribution in [-0.2, 0) is 16.6 Å². The predicted molar refractivity (Wildman–Crippen MR) is 127 cm³/mol. The fourth-order valence-corrected chi connectivity index (χ4v) is 6.55. The maximum absolute atomic E-state index is 13.0. The summed E-state index contributed by atoms with van der Waals surface area (Å²) < 4.78 is 39.9. The van der Waals surface area contributed by atoms with Crippen LogP contribution in [0.5, 0.6) is 11.5 Å². The summed E-state index contributed by atoms with van der Waals surface area (Å²) in [7, 11) is -3.57. The number of sulfonamides is 1. The van der Waals surface area contributed by atoms with Crippen LogP contribution < -0.4 is 14.2 Å². The quantitative estimate of drug-likeness (QED) is 0.667. The van der Waals surface area contributed by atoms with Crippen molar-refractivity contribution in [1.29, 1.82) is 0 Å². The molecule has 9 heteroatoms. The van der Waals surface area contributed by atoms with Crippen LogP contribution in [0.4, 0.5) is 0 Å². The van der Waals surface area contributed by atoms with Crippen molar-refractivity contribution in [2.24, 2.45) is 0 Å². The van der Waals surface area contributed by atoms with Crippen molar-refractivity contribution in [2.75, 3.05) is 33.0 Å². The molecule has 0 bridgehead atoms. The lowest BCUT2D eigenvalue weighted by Crippen LogP contribution is -2.58. The number of halogens is 1. The van der Waals surface area contributed by atoms with Crippen LogP contribution in [0.2, 0.25) is 5.02 Å². The summed E-state index contributed by atoms with van der Waals surface area (Å²) in [5, 5.41) is 0.531. The van der Waals surface area contributed by atoms with E-state index in [1.54, 1.807) is 24.3 Å². The number of hydrogen-bond acceptors (Lipinski definition) is 6. The van der Waals surface area contributed by atoms with Crippen LogP contribution in [0, 0.1) is 0 Å². The lowest BCUT2D eigenvalue weighted by atomic mass is 9.89. The summed E-state index contributed by atoms with van der Waals surface area (Å²) in [5.41, 5.74) is 1.22. The molecule has 178 valence electrons. The Morgan fingerprint density at radius 3 is 2.45 bits per heavy atom. The summed E-state index contributed by atoms with van der Waals surface area (Å²) in [6.07, 6.45) is 4.08. The Balaban J connectivity index is 1.19. The molecule has 7 nitrogen and oxygen atoms in total. The van der Waals surface area contributed by atoms with Gasteiger partial charge in [-0.25, -0.2) is 13.1 Å². The zero-order valence-electron chi connectivity index (χ0n) is 18.6. The lowest BCUT2D eigenvalue weighted by Gasteiger charge is -2.44. The Morgan fingerprint density at radius 2 is 1.67 bits per heavy atom. The average molecular weight is 492 g/mol. The molecule has 2 aromatic carbocycles. The zero-order valence-corrected chi connectivity index (χ0v) is 20.2. The maximum Gasteiger partial charge on any atom is 0.240 e. The van der Waals surface area contributed by atoms with Gasteiger partial charge in [-0.15, -0.1) is 0 Å². The van der Waals surface area contributed by atoms with Gasteiger partial charge in [-0.05, 0) is 54.8 Å². The third-order valence-corrected chi connectivity index (χ3v) is 8.64. The molecule has 2 aromatic rings. The number of hydrogen-bond donors (Lipinski definition) is 1. The van der Waals surface area contributed by atoms with Gasteiger partial charge in [0.15, 0.2) is 11.5 Å². The van der Waals surface area contributed by atoms with Gasteiger partial charge in [0.05, 0.1) is 4.90 Å². The van der Waals surface area contributed by atoms with E-state index in [4.69, 9.17) is 21.1 Å². The minimum atomic E-state index is -3.57. The smallest absolute Gasteiger partial charge is 0.240 e. The molecule has 5 rings (SSSR count). The molecule has 1 N–H and O–H groups in total. The van der Waals surface area contributed by atoms with Gasteiger partial charge in [0.25, 0.3) is 0 Å². The zero-order chi connectivity index (χ0) is 22.8. The molecule has 0 aromatic heterocycles. The Bertz CT molecular complexity index is 1070. The van der Waals surface area contributed by atoms with Crippen molar-refractivity contribution in [3.63, 3.8) is 0 Å². The molecule has 2 atom stereocenters. The van der Waals surface area contributed by atoms with E-state index in [0.29, 0.717) is 11.8 Å². The van der Waals surface area contributed by atoms with E-state index >= 15 is 0 Å². The van der Waals surface area contributed by atoms with E-state index in [9.17, 15) is 8.42 Å². The van der Waals surface area contributed by atoms with Gasteiger partial charge in [0.1, 0.15) is 0 Å². The van der Waals surface area contributed by atoms with Crippen LogP contribution in [-0.4, -0.2) is 63.3 Å². The first-order chi connectivity index (χ1) is 16.0. The highest BCUT2D eigenvalue weighted by Crippen LogP contribution is 2.33.